The molecular formula is C15H20FN3. The molecule has 102 valence electrons. The fourth-order valence-electron chi connectivity index (χ4n) is 2.53. The normalized spacial score (nSPS) is 17.3. The second-order valence-corrected chi connectivity index (χ2v) is 5.03. The molecule has 1 aliphatic heterocycles. The average Bonchev–Trinajstić information content (AvgIpc) is 2.42. The van der Waals surface area contributed by atoms with Crippen molar-refractivity contribution in [1.29, 1.82) is 5.26 Å². The van der Waals surface area contributed by atoms with Crippen molar-refractivity contribution in [2.45, 2.75) is 19.9 Å². The highest BCUT2D eigenvalue weighted by molar-refractivity contribution is 5.37. The summed E-state index contributed by atoms with van der Waals surface area (Å²) in [4.78, 5) is 4.75. The number of piperazine rings is 1. The number of hydrogen-bond acceptors (Lipinski definition) is 3. The molecule has 1 heterocycles. The summed E-state index contributed by atoms with van der Waals surface area (Å²) in [6.07, 6.45) is 1.18. The summed E-state index contributed by atoms with van der Waals surface area (Å²) in [5.41, 5.74) is 1.38. The Morgan fingerprint density at radius 1 is 1.21 bits per heavy atom. The maximum atomic E-state index is 13.3. The van der Waals surface area contributed by atoms with E-state index in [0.29, 0.717) is 12.1 Å². The number of nitrogens with zero attached hydrogens (tertiary/aromatic N) is 3. The smallest absolute Gasteiger partial charge is 0.123 e. The molecule has 1 aromatic rings. The van der Waals surface area contributed by atoms with Crippen molar-refractivity contribution < 1.29 is 4.39 Å². The van der Waals surface area contributed by atoms with Crippen molar-refractivity contribution in [3.63, 3.8) is 0 Å². The first-order chi connectivity index (χ1) is 9.22. The Morgan fingerprint density at radius 3 is 2.53 bits per heavy atom. The number of hydrogen-bond donors (Lipinski definition) is 0. The Morgan fingerprint density at radius 2 is 1.89 bits per heavy atom. The summed E-state index contributed by atoms with van der Waals surface area (Å²) < 4.78 is 13.3. The van der Waals surface area contributed by atoms with Gasteiger partial charge in [-0.3, -0.25) is 4.90 Å². The highest BCUT2D eigenvalue weighted by Crippen LogP contribution is 2.14. The van der Waals surface area contributed by atoms with Crippen LogP contribution in [0.2, 0.25) is 0 Å². The largest absolute Gasteiger partial charge is 0.301 e. The van der Waals surface area contributed by atoms with Crippen molar-refractivity contribution in [1.82, 2.24) is 9.80 Å². The molecule has 3 nitrogen and oxygen atoms in total. The summed E-state index contributed by atoms with van der Waals surface area (Å²) >= 11 is 0. The van der Waals surface area contributed by atoms with E-state index in [-0.39, 0.29) is 5.82 Å². The Labute approximate surface area is 114 Å². The topological polar surface area (TPSA) is 30.3 Å². The third-order valence-corrected chi connectivity index (χ3v) is 3.59. The van der Waals surface area contributed by atoms with Gasteiger partial charge >= 0.3 is 0 Å². The molecule has 0 saturated carbocycles. The number of rotatable bonds is 4. The molecule has 0 unspecified atom stereocenters. The molecule has 1 saturated heterocycles. The van der Waals surface area contributed by atoms with Crippen LogP contribution < -0.4 is 0 Å². The van der Waals surface area contributed by atoms with E-state index < -0.39 is 0 Å². The quantitative estimate of drug-likeness (QED) is 0.832. The fourth-order valence-corrected chi connectivity index (χ4v) is 2.53. The molecule has 0 aromatic heterocycles. The molecule has 0 radical (unpaired) electrons. The SMILES string of the molecule is CCCN1CCN(Cc2cc(F)ccc2C#N)CC1. The molecule has 2 rings (SSSR count). The molecule has 4 heteroatoms. The van der Waals surface area contributed by atoms with Crippen LogP contribution in [0.3, 0.4) is 0 Å². The zero-order valence-corrected chi connectivity index (χ0v) is 11.4. The van der Waals surface area contributed by atoms with Crippen LogP contribution in [0.4, 0.5) is 4.39 Å². The second-order valence-electron chi connectivity index (χ2n) is 5.03. The van der Waals surface area contributed by atoms with E-state index in [1.807, 2.05) is 0 Å². The first-order valence-electron chi connectivity index (χ1n) is 6.86. The van der Waals surface area contributed by atoms with Crippen LogP contribution in [0.1, 0.15) is 24.5 Å². The molecular weight excluding hydrogens is 241 g/mol. The third kappa shape index (κ3) is 3.76. The monoisotopic (exact) mass is 261 g/mol. The van der Waals surface area contributed by atoms with E-state index >= 15 is 0 Å². The standard InChI is InChI=1S/C15H20FN3/c1-2-5-18-6-8-19(9-7-18)12-14-10-15(16)4-3-13(14)11-17/h3-4,10H,2,5-9,12H2,1H3. The van der Waals surface area contributed by atoms with Crippen LogP contribution >= 0.6 is 0 Å². The van der Waals surface area contributed by atoms with Crippen LogP contribution in [-0.2, 0) is 6.54 Å². The van der Waals surface area contributed by atoms with E-state index in [1.165, 1.54) is 18.6 Å². The van der Waals surface area contributed by atoms with Crippen LogP contribution in [-0.4, -0.2) is 42.5 Å². The highest BCUT2D eigenvalue weighted by Gasteiger charge is 2.17. The van der Waals surface area contributed by atoms with Crippen molar-refractivity contribution in [2.24, 2.45) is 0 Å². The van der Waals surface area contributed by atoms with Crippen LogP contribution in [0, 0.1) is 17.1 Å². The van der Waals surface area contributed by atoms with Gasteiger partial charge in [-0.05, 0) is 36.7 Å². The van der Waals surface area contributed by atoms with E-state index in [2.05, 4.69) is 22.8 Å². The zero-order valence-electron chi connectivity index (χ0n) is 11.4. The van der Waals surface area contributed by atoms with Crippen molar-refractivity contribution in [2.75, 3.05) is 32.7 Å². The lowest BCUT2D eigenvalue weighted by Gasteiger charge is -2.34. The Kier molecular flexibility index (Phi) is 4.89. The van der Waals surface area contributed by atoms with Gasteiger partial charge in [0.25, 0.3) is 0 Å². The lowest BCUT2D eigenvalue weighted by molar-refractivity contribution is 0.127. The summed E-state index contributed by atoms with van der Waals surface area (Å²) in [6.45, 7) is 8.11. The molecule has 0 N–H and O–H groups in total. The first-order valence-corrected chi connectivity index (χ1v) is 6.86. The van der Waals surface area contributed by atoms with Crippen LogP contribution in [0.15, 0.2) is 18.2 Å². The minimum atomic E-state index is -0.265. The van der Waals surface area contributed by atoms with Gasteiger partial charge in [0.1, 0.15) is 5.82 Å². The van der Waals surface area contributed by atoms with E-state index in [9.17, 15) is 4.39 Å². The molecule has 0 amide bonds. The van der Waals surface area contributed by atoms with Crippen molar-refractivity contribution in [3.05, 3.63) is 35.1 Å². The van der Waals surface area contributed by atoms with Crippen LogP contribution in [0.5, 0.6) is 0 Å². The zero-order chi connectivity index (χ0) is 13.7. The van der Waals surface area contributed by atoms with E-state index in [1.54, 1.807) is 6.07 Å². The molecule has 1 fully saturated rings. The van der Waals surface area contributed by atoms with E-state index in [0.717, 1.165) is 38.3 Å². The summed E-state index contributed by atoms with van der Waals surface area (Å²) in [5, 5.41) is 9.05. The first kappa shape index (κ1) is 14.0. The number of benzene rings is 1. The minimum Gasteiger partial charge on any atom is -0.301 e. The number of nitriles is 1. The molecule has 0 spiro atoms. The van der Waals surface area contributed by atoms with Gasteiger partial charge in [-0.2, -0.15) is 5.26 Å². The Hall–Kier alpha value is -1.44. The maximum absolute atomic E-state index is 13.3. The predicted octanol–water partition coefficient (Wildman–Crippen LogP) is 2.22. The highest BCUT2D eigenvalue weighted by atomic mass is 19.1. The maximum Gasteiger partial charge on any atom is 0.123 e. The van der Waals surface area contributed by atoms with Crippen molar-refractivity contribution in [3.8, 4) is 6.07 Å². The van der Waals surface area contributed by atoms with Gasteiger partial charge in [-0.15, -0.1) is 0 Å². The van der Waals surface area contributed by atoms with Gasteiger partial charge in [0.2, 0.25) is 0 Å². The third-order valence-electron chi connectivity index (χ3n) is 3.59. The molecule has 0 atom stereocenters. The van der Waals surface area contributed by atoms with Gasteiger partial charge in [-0.1, -0.05) is 6.92 Å². The number of halogens is 1. The molecule has 0 aliphatic carbocycles. The molecule has 19 heavy (non-hydrogen) atoms. The van der Waals surface area contributed by atoms with Crippen molar-refractivity contribution >= 4 is 0 Å². The molecule has 1 aromatic carbocycles. The van der Waals surface area contributed by atoms with Gasteiger partial charge < -0.3 is 4.90 Å². The van der Waals surface area contributed by atoms with Gasteiger partial charge in [0.15, 0.2) is 0 Å². The Bertz CT molecular complexity index is 459. The summed E-state index contributed by atoms with van der Waals surface area (Å²) in [7, 11) is 0. The van der Waals surface area contributed by atoms with Gasteiger partial charge in [-0.25, -0.2) is 4.39 Å². The lowest BCUT2D eigenvalue weighted by Crippen LogP contribution is -2.46. The van der Waals surface area contributed by atoms with E-state index in [4.69, 9.17) is 5.26 Å². The lowest BCUT2D eigenvalue weighted by atomic mass is 10.1. The Balaban J connectivity index is 1.96. The fraction of sp³-hybridized carbons (Fsp3) is 0.533. The second kappa shape index (κ2) is 6.65. The molecule has 1 aliphatic rings. The summed E-state index contributed by atoms with van der Waals surface area (Å²) in [6, 6.07) is 6.54. The van der Waals surface area contributed by atoms with Gasteiger partial charge in [0.05, 0.1) is 11.6 Å². The van der Waals surface area contributed by atoms with Gasteiger partial charge in [0, 0.05) is 32.7 Å². The average molecular weight is 261 g/mol. The van der Waals surface area contributed by atoms with Crippen LogP contribution in [0.25, 0.3) is 0 Å². The minimum absolute atomic E-state index is 0.265. The predicted molar refractivity (Wildman–Crippen MR) is 73.1 cm³/mol. The molecule has 0 bridgehead atoms. The summed E-state index contributed by atoms with van der Waals surface area (Å²) in [5.74, 6) is -0.265.